The van der Waals surface area contributed by atoms with Gasteiger partial charge < -0.3 is 15.3 Å². The highest BCUT2D eigenvalue weighted by Crippen LogP contribution is 2.32. The number of carbonyl (C=O) groups is 2. The largest absolute Gasteiger partial charge is 0.391 e. The molecule has 3 aliphatic rings. The molecule has 3 aliphatic heterocycles. The molecule has 3 heterocycles. The Morgan fingerprint density at radius 1 is 1.02 bits per heavy atom. The quantitative estimate of drug-likeness (QED) is 0.339. The fraction of sp³-hybridized carbons (Fsp3) is 0.710. The van der Waals surface area contributed by atoms with Crippen LogP contribution in [0.5, 0.6) is 0 Å². The van der Waals surface area contributed by atoms with Crippen LogP contribution in [0.4, 0.5) is 0 Å². The van der Waals surface area contributed by atoms with Crippen LogP contribution in [0.25, 0.3) is 0 Å². The van der Waals surface area contributed by atoms with Crippen LogP contribution in [0.3, 0.4) is 0 Å². The molecule has 0 bridgehead atoms. The van der Waals surface area contributed by atoms with Crippen molar-refractivity contribution in [2.24, 2.45) is 4.99 Å². The first-order chi connectivity index (χ1) is 19.5. The zero-order valence-electron chi connectivity index (χ0n) is 25.1. The standard InChI is InChI=1S/C31H48N4O5S/c1-4-5-6-7-8-9-10-11-28-32-30(38)31(33-28)14-17-35(18-15-31)41(39,40)19-13-27-23(2)20-25(21-24(27)3)29(37)34-16-12-26(36)22-34/h20-21,26,36H,4-19,22H2,1-3H3,(H,32,33,38)/t26-/m1/s1. The van der Waals surface area contributed by atoms with E-state index < -0.39 is 21.7 Å². The SMILES string of the molecule is CCCCCCCCCC1=NC2(CCN(S(=O)(=O)CCc3c(C)cc(C(=O)N4CC[C@@H](O)C4)cc3C)CC2)C(=O)N1. The summed E-state index contributed by atoms with van der Waals surface area (Å²) in [5, 5.41) is 12.7. The molecule has 0 saturated carbocycles. The van der Waals surface area contributed by atoms with Crippen LogP contribution in [0.1, 0.15) is 105 Å². The molecule has 1 atom stereocenters. The van der Waals surface area contributed by atoms with Gasteiger partial charge in [0.05, 0.1) is 11.9 Å². The second-order valence-corrected chi connectivity index (χ2v) is 14.3. The number of piperidine rings is 1. The number of hydrogen-bond acceptors (Lipinski definition) is 6. The van der Waals surface area contributed by atoms with Gasteiger partial charge >= 0.3 is 0 Å². The molecule has 1 aromatic rings. The van der Waals surface area contributed by atoms with Crippen molar-refractivity contribution in [3.63, 3.8) is 0 Å². The maximum atomic E-state index is 13.3. The van der Waals surface area contributed by atoms with E-state index >= 15 is 0 Å². The van der Waals surface area contributed by atoms with Crippen molar-refractivity contribution >= 4 is 27.7 Å². The van der Waals surface area contributed by atoms with Gasteiger partial charge in [-0.25, -0.2) is 12.7 Å². The number of nitrogens with zero attached hydrogens (tertiary/aromatic N) is 3. The third-order valence-electron chi connectivity index (χ3n) is 8.99. The summed E-state index contributed by atoms with van der Waals surface area (Å²) >= 11 is 0. The number of carbonyl (C=O) groups excluding carboxylic acids is 2. The molecular formula is C31H48N4O5S. The number of aliphatic hydroxyl groups excluding tert-OH is 1. The number of amides is 2. The van der Waals surface area contributed by atoms with Crippen LogP contribution in [-0.4, -0.2) is 84.0 Å². The number of likely N-dealkylation sites (tertiary alicyclic amines) is 1. The highest BCUT2D eigenvalue weighted by molar-refractivity contribution is 7.89. The lowest BCUT2D eigenvalue weighted by Gasteiger charge is -2.34. The van der Waals surface area contributed by atoms with Crippen LogP contribution in [0, 0.1) is 13.8 Å². The van der Waals surface area contributed by atoms with Crippen LogP contribution in [0.2, 0.25) is 0 Å². The fourth-order valence-corrected chi connectivity index (χ4v) is 7.86. The molecule has 2 saturated heterocycles. The Morgan fingerprint density at radius 2 is 1.66 bits per heavy atom. The predicted molar refractivity (Wildman–Crippen MR) is 162 cm³/mol. The normalized spacial score (nSPS) is 21.0. The van der Waals surface area contributed by atoms with Crippen molar-refractivity contribution < 1.29 is 23.1 Å². The number of aliphatic hydroxyl groups is 1. The zero-order chi connectivity index (χ0) is 29.6. The van der Waals surface area contributed by atoms with Crippen LogP contribution in [-0.2, 0) is 21.2 Å². The first kappa shape index (κ1) is 31.6. The van der Waals surface area contributed by atoms with Crippen molar-refractivity contribution in [3.8, 4) is 0 Å². The predicted octanol–water partition coefficient (Wildman–Crippen LogP) is 3.89. The first-order valence-electron chi connectivity index (χ1n) is 15.5. The van der Waals surface area contributed by atoms with Gasteiger partial charge in [-0.15, -0.1) is 0 Å². The molecule has 0 aliphatic carbocycles. The van der Waals surface area contributed by atoms with Crippen molar-refractivity contribution in [1.82, 2.24) is 14.5 Å². The van der Waals surface area contributed by atoms with E-state index in [2.05, 4.69) is 12.2 Å². The van der Waals surface area contributed by atoms with Crippen LogP contribution in [0.15, 0.2) is 17.1 Å². The van der Waals surface area contributed by atoms with Crippen molar-refractivity contribution in [3.05, 3.63) is 34.4 Å². The summed E-state index contributed by atoms with van der Waals surface area (Å²) in [6.07, 6.45) is 10.5. The molecule has 9 nitrogen and oxygen atoms in total. The lowest BCUT2D eigenvalue weighted by atomic mass is 9.89. The molecule has 228 valence electrons. The Labute approximate surface area is 245 Å². The van der Waals surface area contributed by atoms with E-state index in [0.29, 0.717) is 44.3 Å². The maximum Gasteiger partial charge on any atom is 0.253 e. The lowest BCUT2D eigenvalue weighted by molar-refractivity contribution is -0.124. The van der Waals surface area contributed by atoms with Gasteiger partial charge in [-0.3, -0.25) is 14.6 Å². The number of amidine groups is 1. The van der Waals surface area contributed by atoms with Gasteiger partial charge in [-0.1, -0.05) is 45.4 Å². The van der Waals surface area contributed by atoms with Gasteiger partial charge in [0.25, 0.3) is 11.8 Å². The van der Waals surface area contributed by atoms with Crippen LogP contribution < -0.4 is 5.32 Å². The smallest absolute Gasteiger partial charge is 0.253 e. The number of β-amino-alcohol motifs (C(OH)–C–C–N with tert-alkyl or cyclic N) is 1. The van der Waals surface area contributed by atoms with Gasteiger partial charge in [0.2, 0.25) is 10.0 Å². The number of nitrogens with one attached hydrogen (secondary N) is 1. The third-order valence-corrected chi connectivity index (χ3v) is 10.9. The van der Waals surface area contributed by atoms with E-state index in [-0.39, 0.29) is 30.7 Å². The second-order valence-electron chi connectivity index (χ2n) is 12.2. The number of sulfonamides is 1. The van der Waals surface area contributed by atoms with Gasteiger partial charge in [0.15, 0.2) is 0 Å². The number of hydrogen-bond donors (Lipinski definition) is 2. The number of rotatable bonds is 13. The third kappa shape index (κ3) is 7.76. The average molecular weight is 589 g/mol. The van der Waals surface area contributed by atoms with E-state index in [4.69, 9.17) is 4.99 Å². The van der Waals surface area contributed by atoms with Crippen molar-refractivity contribution in [2.75, 3.05) is 31.9 Å². The minimum atomic E-state index is -3.52. The average Bonchev–Trinajstić information content (AvgIpc) is 3.50. The van der Waals surface area contributed by atoms with Crippen molar-refractivity contribution in [2.45, 2.75) is 109 Å². The minimum Gasteiger partial charge on any atom is -0.391 e. The first-order valence-corrected chi connectivity index (χ1v) is 17.1. The van der Waals surface area contributed by atoms with E-state index in [9.17, 15) is 23.1 Å². The van der Waals surface area contributed by atoms with E-state index in [1.165, 1.54) is 36.4 Å². The second kappa shape index (κ2) is 13.8. The summed E-state index contributed by atoms with van der Waals surface area (Å²) in [7, 11) is -3.52. The molecule has 41 heavy (non-hydrogen) atoms. The Balaban J connectivity index is 1.28. The molecule has 1 aromatic carbocycles. The molecule has 2 amide bonds. The fourth-order valence-electron chi connectivity index (χ4n) is 6.41. The van der Waals surface area contributed by atoms with Crippen LogP contribution >= 0.6 is 0 Å². The Bertz CT molecular complexity index is 1210. The summed E-state index contributed by atoms with van der Waals surface area (Å²) in [4.78, 5) is 32.2. The number of unbranched alkanes of at least 4 members (excludes halogenated alkanes) is 6. The molecule has 4 rings (SSSR count). The maximum absolute atomic E-state index is 13.3. The molecule has 1 spiro atoms. The number of benzene rings is 1. The summed E-state index contributed by atoms with van der Waals surface area (Å²) in [6.45, 7) is 7.51. The minimum absolute atomic E-state index is 0.0216. The summed E-state index contributed by atoms with van der Waals surface area (Å²) < 4.78 is 28.1. The van der Waals surface area contributed by atoms with E-state index in [1.807, 2.05) is 26.0 Å². The zero-order valence-corrected chi connectivity index (χ0v) is 25.9. The van der Waals surface area contributed by atoms with E-state index in [0.717, 1.165) is 41.8 Å². The highest BCUT2D eigenvalue weighted by atomic mass is 32.2. The molecule has 2 fully saturated rings. The van der Waals surface area contributed by atoms with E-state index in [1.54, 1.807) is 4.90 Å². The Hall–Kier alpha value is -2.30. The molecule has 0 aromatic heterocycles. The monoisotopic (exact) mass is 588 g/mol. The summed E-state index contributed by atoms with van der Waals surface area (Å²) in [5.74, 6) is 0.551. The molecule has 2 N–H and O–H groups in total. The number of aliphatic imine (C=N–C) groups is 1. The topological polar surface area (TPSA) is 119 Å². The van der Waals surface area contributed by atoms with Gasteiger partial charge in [-0.05, 0) is 74.8 Å². The summed E-state index contributed by atoms with van der Waals surface area (Å²) in [6, 6.07) is 3.65. The van der Waals surface area contributed by atoms with Crippen molar-refractivity contribution in [1.29, 1.82) is 0 Å². The Morgan fingerprint density at radius 3 is 2.27 bits per heavy atom. The van der Waals surface area contributed by atoms with Gasteiger partial charge in [0.1, 0.15) is 11.4 Å². The highest BCUT2D eigenvalue weighted by Gasteiger charge is 2.47. The summed E-state index contributed by atoms with van der Waals surface area (Å²) in [5.41, 5.74) is 2.47. The molecule has 0 radical (unpaired) electrons. The molecule has 0 unspecified atom stereocenters. The number of aryl methyl sites for hydroxylation is 2. The lowest BCUT2D eigenvalue weighted by Crippen LogP contribution is -2.50. The molecule has 10 heteroatoms. The molecular weight excluding hydrogens is 540 g/mol. The Kier molecular flexibility index (Phi) is 10.6. The van der Waals surface area contributed by atoms with Gasteiger partial charge in [0, 0.05) is 38.2 Å². The van der Waals surface area contributed by atoms with Gasteiger partial charge in [-0.2, -0.15) is 0 Å².